The van der Waals surface area contributed by atoms with E-state index in [0.717, 1.165) is 53.2 Å². The molecule has 0 atom stereocenters. The number of anilines is 2. The molecular weight excluding hydrogens is 362 g/mol. The molecule has 6 heteroatoms. The maximum atomic E-state index is 6.23. The summed E-state index contributed by atoms with van der Waals surface area (Å²) < 4.78 is 11.5. The van der Waals surface area contributed by atoms with Crippen LogP contribution in [-0.4, -0.2) is 30.2 Å². The summed E-state index contributed by atoms with van der Waals surface area (Å²) in [7, 11) is 1.66. The van der Waals surface area contributed by atoms with Gasteiger partial charge >= 0.3 is 0 Å². The van der Waals surface area contributed by atoms with Gasteiger partial charge in [0.15, 0.2) is 11.5 Å². The van der Waals surface area contributed by atoms with Gasteiger partial charge in [0.25, 0.3) is 0 Å². The fourth-order valence-electron chi connectivity index (χ4n) is 3.44. The maximum absolute atomic E-state index is 6.23. The molecular formula is C21H22ClN3O2. The number of benzene rings is 2. The first-order valence-corrected chi connectivity index (χ1v) is 9.60. The Morgan fingerprint density at radius 1 is 1.15 bits per heavy atom. The first-order valence-electron chi connectivity index (χ1n) is 9.22. The second-order valence-corrected chi connectivity index (χ2v) is 7.03. The molecule has 0 fully saturated rings. The van der Waals surface area contributed by atoms with Crippen molar-refractivity contribution in [3.05, 3.63) is 47.2 Å². The zero-order valence-electron chi connectivity index (χ0n) is 15.5. The molecule has 27 heavy (non-hydrogen) atoms. The highest BCUT2D eigenvalue weighted by Crippen LogP contribution is 2.40. The van der Waals surface area contributed by atoms with Crippen molar-refractivity contribution in [2.45, 2.75) is 26.2 Å². The number of methoxy groups -OCH3 is 1. The van der Waals surface area contributed by atoms with Crippen molar-refractivity contribution in [3.8, 4) is 11.5 Å². The number of hydrogen-bond donors (Lipinski definition) is 0. The first kappa shape index (κ1) is 17.9. The van der Waals surface area contributed by atoms with Gasteiger partial charge in [0.2, 0.25) is 0 Å². The number of nitrogens with zero attached hydrogens (tertiary/aromatic N) is 3. The van der Waals surface area contributed by atoms with Crippen molar-refractivity contribution in [1.29, 1.82) is 0 Å². The van der Waals surface area contributed by atoms with E-state index in [1.165, 1.54) is 5.56 Å². The van der Waals surface area contributed by atoms with E-state index in [1.54, 1.807) is 13.4 Å². The van der Waals surface area contributed by atoms with Crippen LogP contribution in [0.1, 0.15) is 25.3 Å². The third-order valence-electron chi connectivity index (χ3n) is 4.85. The molecule has 5 nitrogen and oxygen atoms in total. The Kier molecular flexibility index (Phi) is 5.03. The van der Waals surface area contributed by atoms with Gasteiger partial charge in [0, 0.05) is 28.7 Å². The molecule has 0 spiro atoms. The Balaban J connectivity index is 1.78. The summed E-state index contributed by atoms with van der Waals surface area (Å²) in [5, 5.41) is 1.66. The number of rotatable bonds is 6. The Morgan fingerprint density at radius 3 is 2.85 bits per heavy atom. The van der Waals surface area contributed by atoms with Gasteiger partial charge in [-0.1, -0.05) is 31.0 Å². The third-order valence-corrected chi connectivity index (χ3v) is 5.09. The molecule has 0 saturated heterocycles. The molecule has 3 aromatic rings. The Labute approximate surface area is 163 Å². The van der Waals surface area contributed by atoms with E-state index in [4.69, 9.17) is 21.1 Å². The molecule has 0 aliphatic carbocycles. The van der Waals surface area contributed by atoms with Crippen molar-refractivity contribution < 1.29 is 9.47 Å². The Hall–Kier alpha value is -2.53. The van der Waals surface area contributed by atoms with Crippen molar-refractivity contribution >= 4 is 34.0 Å². The molecule has 0 unspecified atom stereocenters. The van der Waals surface area contributed by atoms with Crippen LogP contribution in [-0.2, 0) is 6.42 Å². The molecule has 2 heterocycles. The Bertz CT molecular complexity index is 977. The molecule has 1 aromatic heterocycles. The van der Waals surface area contributed by atoms with Crippen LogP contribution in [0.15, 0.2) is 36.7 Å². The lowest BCUT2D eigenvalue weighted by molar-refractivity contribution is 0.289. The molecule has 1 aliphatic heterocycles. The van der Waals surface area contributed by atoms with Gasteiger partial charge in [-0.25, -0.2) is 9.97 Å². The summed E-state index contributed by atoms with van der Waals surface area (Å²) in [6.45, 7) is 3.66. The van der Waals surface area contributed by atoms with Gasteiger partial charge in [0.1, 0.15) is 12.1 Å². The molecule has 1 aliphatic rings. The minimum absolute atomic E-state index is 0.661. The smallest absolute Gasteiger partial charge is 0.163 e. The summed E-state index contributed by atoms with van der Waals surface area (Å²) in [4.78, 5) is 11.2. The van der Waals surface area contributed by atoms with Crippen LogP contribution < -0.4 is 14.4 Å². The summed E-state index contributed by atoms with van der Waals surface area (Å²) >= 11 is 6.23. The largest absolute Gasteiger partial charge is 0.493 e. The van der Waals surface area contributed by atoms with Gasteiger partial charge in [-0.15, -0.1) is 0 Å². The molecule has 4 rings (SSSR count). The van der Waals surface area contributed by atoms with Crippen LogP contribution in [0.3, 0.4) is 0 Å². The zero-order chi connectivity index (χ0) is 18.8. The number of fused-ring (bicyclic) bond motifs is 2. The van der Waals surface area contributed by atoms with Gasteiger partial charge < -0.3 is 14.4 Å². The van der Waals surface area contributed by atoms with Crippen LogP contribution in [0, 0.1) is 0 Å². The highest BCUT2D eigenvalue weighted by atomic mass is 35.5. The van der Waals surface area contributed by atoms with E-state index >= 15 is 0 Å². The summed E-state index contributed by atoms with van der Waals surface area (Å²) in [5.41, 5.74) is 3.21. The zero-order valence-corrected chi connectivity index (χ0v) is 16.3. The molecule has 140 valence electrons. The van der Waals surface area contributed by atoms with E-state index in [-0.39, 0.29) is 0 Å². The van der Waals surface area contributed by atoms with E-state index in [9.17, 15) is 0 Å². The van der Waals surface area contributed by atoms with Crippen LogP contribution in [0.2, 0.25) is 5.02 Å². The first-order chi connectivity index (χ1) is 13.2. The Morgan fingerprint density at radius 2 is 2.04 bits per heavy atom. The molecule has 2 aromatic carbocycles. The lowest BCUT2D eigenvalue weighted by Crippen LogP contribution is -2.15. The quantitative estimate of drug-likeness (QED) is 0.550. The standard InChI is InChI=1S/C21H22ClN3O2/c1-3-4-9-27-20-12-17-16(11-19(20)26-2)21(24-13-23-17)25-8-7-14-5-6-15(22)10-18(14)25/h5-6,10-13H,3-4,7-9H2,1-2H3. The fourth-order valence-corrected chi connectivity index (χ4v) is 3.60. The monoisotopic (exact) mass is 383 g/mol. The molecule has 0 amide bonds. The SMILES string of the molecule is CCCCOc1cc2ncnc(N3CCc4ccc(Cl)cc43)c2cc1OC. The summed E-state index contributed by atoms with van der Waals surface area (Å²) in [6.07, 6.45) is 4.65. The molecule has 0 bridgehead atoms. The summed E-state index contributed by atoms with van der Waals surface area (Å²) in [5.74, 6) is 2.27. The van der Waals surface area contributed by atoms with Crippen molar-refractivity contribution in [2.24, 2.45) is 0 Å². The van der Waals surface area contributed by atoms with E-state index < -0.39 is 0 Å². The number of halogens is 1. The van der Waals surface area contributed by atoms with Gasteiger partial charge in [0.05, 0.1) is 19.2 Å². The average Bonchev–Trinajstić information content (AvgIpc) is 3.10. The van der Waals surface area contributed by atoms with Crippen LogP contribution in [0.5, 0.6) is 11.5 Å². The highest BCUT2D eigenvalue weighted by molar-refractivity contribution is 6.31. The summed E-state index contributed by atoms with van der Waals surface area (Å²) in [6, 6.07) is 9.92. The second kappa shape index (κ2) is 7.61. The minimum Gasteiger partial charge on any atom is -0.493 e. The normalized spacial score (nSPS) is 13.1. The lowest BCUT2D eigenvalue weighted by atomic mass is 10.1. The van der Waals surface area contributed by atoms with Gasteiger partial charge in [-0.05, 0) is 36.6 Å². The number of unbranched alkanes of at least 4 members (excludes halogenated alkanes) is 1. The predicted molar refractivity (Wildman–Crippen MR) is 109 cm³/mol. The lowest BCUT2D eigenvalue weighted by Gasteiger charge is -2.21. The number of ether oxygens (including phenoxy) is 2. The molecule has 0 N–H and O–H groups in total. The van der Waals surface area contributed by atoms with Crippen molar-refractivity contribution in [2.75, 3.05) is 25.2 Å². The van der Waals surface area contributed by atoms with Gasteiger partial charge in [-0.2, -0.15) is 0 Å². The van der Waals surface area contributed by atoms with Crippen molar-refractivity contribution in [3.63, 3.8) is 0 Å². The average molecular weight is 384 g/mol. The number of aromatic nitrogens is 2. The minimum atomic E-state index is 0.661. The fraction of sp³-hybridized carbons (Fsp3) is 0.333. The van der Waals surface area contributed by atoms with E-state index in [1.807, 2.05) is 24.3 Å². The predicted octanol–water partition coefficient (Wildman–Crippen LogP) is 5.16. The van der Waals surface area contributed by atoms with Crippen LogP contribution >= 0.6 is 11.6 Å². The highest BCUT2D eigenvalue weighted by Gasteiger charge is 2.24. The van der Waals surface area contributed by atoms with Gasteiger partial charge in [-0.3, -0.25) is 0 Å². The second-order valence-electron chi connectivity index (χ2n) is 6.59. The molecule has 0 saturated carbocycles. The van der Waals surface area contributed by atoms with Crippen LogP contribution in [0.25, 0.3) is 10.9 Å². The van der Waals surface area contributed by atoms with E-state index in [2.05, 4.69) is 27.9 Å². The molecule has 0 radical (unpaired) electrons. The van der Waals surface area contributed by atoms with E-state index in [0.29, 0.717) is 18.1 Å². The third kappa shape index (κ3) is 3.39. The van der Waals surface area contributed by atoms with Crippen LogP contribution in [0.4, 0.5) is 11.5 Å². The topological polar surface area (TPSA) is 47.5 Å². The maximum Gasteiger partial charge on any atom is 0.163 e. The number of hydrogen-bond acceptors (Lipinski definition) is 5. The van der Waals surface area contributed by atoms with Crippen molar-refractivity contribution in [1.82, 2.24) is 9.97 Å².